The topological polar surface area (TPSA) is 46.6 Å². The summed E-state index contributed by atoms with van der Waals surface area (Å²) in [6.45, 7) is 7.97. The number of nitrogens with zero attached hydrogens (tertiary/aromatic N) is 1. The fourth-order valence-electron chi connectivity index (χ4n) is 3.97. The van der Waals surface area contributed by atoms with Gasteiger partial charge in [-0.05, 0) is 44.9 Å². The highest BCUT2D eigenvalue weighted by atomic mass is 16.5. The number of hydrogen-bond acceptors (Lipinski definition) is 3. The second-order valence-electron chi connectivity index (χ2n) is 7.80. The number of unbranched alkanes of at least 4 members (excludes halogenated alkanes) is 4. The van der Waals surface area contributed by atoms with Gasteiger partial charge in [-0.15, -0.1) is 0 Å². The predicted octanol–water partition coefficient (Wildman–Crippen LogP) is 5.35. The van der Waals surface area contributed by atoms with E-state index in [1.807, 2.05) is 11.8 Å². The standard InChI is InChI=1S/C22H41NO3/c1-4-7-9-10-17-23(18-16-21(24)26-6-3)22(25)20-14-12-19(13-15-20)11-8-5-2/h19-20H,4-18H2,1-3H3. The smallest absolute Gasteiger partial charge is 0.307 e. The minimum Gasteiger partial charge on any atom is -0.466 e. The Balaban J connectivity index is 2.49. The van der Waals surface area contributed by atoms with Gasteiger partial charge in [-0.3, -0.25) is 9.59 Å². The van der Waals surface area contributed by atoms with E-state index in [0.717, 1.165) is 38.1 Å². The van der Waals surface area contributed by atoms with Crippen molar-refractivity contribution in [3.05, 3.63) is 0 Å². The third-order valence-corrected chi connectivity index (χ3v) is 5.65. The van der Waals surface area contributed by atoms with Crippen LogP contribution in [0, 0.1) is 11.8 Å². The average molecular weight is 368 g/mol. The van der Waals surface area contributed by atoms with Gasteiger partial charge in [-0.25, -0.2) is 0 Å². The third kappa shape index (κ3) is 9.05. The lowest BCUT2D eigenvalue weighted by Gasteiger charge is -2.32. The SMILES string of the molecule is CCCCCCN(CCC(=O)OCC)C(=O)C1CCC(CCCC)CC1. The predicted molar refractivity (Wildman–Crippen MR) is 107 cm³/mol. The lowest BCUT2D eigenvalue weighted by molar-refractivity contribution is -0.144. The van der Waals surface area contributed by atoms with Crippen LogP contribution in [0.1, 0.15) is 97.8 Å². The fraction of sp³-hybridized carbons (Fsp3) is 0.909. The third-order valence-electron chi connectivity index (χ3n) is 5.65. The number of ether oxygens (including phenoxy) is 1. The summed E-state index contributed by atoms with van der Waals surface area (Å²) in [6, 6.07) is 0. The van der Waals surface area contributed by atoms with Crippen LogP contribution in [-0.2, 0) is 14.3 Å². The molecule has 1 rings (SSSR count). The first kappa shape index (κ1) is 23.0. The van der Waals surface area contributed by atoms with Crippen molar-refractivity contribution in [2.75, 3.05) is 19.7 Å². The van der Waals surface area contributed by atoms with Gasteiger partial charge >= 0.3 is 5.97 Å². The summed E-state index contributed by atoms with van der Waals surface area (Å²) >= 11 is 0. The molecule has 152 valence electrons. The monoisotopic (exact) mass is 367 g/mol. The van der Waals surface area contributed by atoms with Crippen LogP contribution in [0.2, 0.25) is 0 Å². The molecule has 0 heterocycles. The highest BCUT2D eigenvalue weighted by Gasteiger charge is 2.29. The van der Waals surface area contributed by atoms with Gasteiger partial charge < -0.3 is 9.64 Å². The minimum atomic E-state index is -0.192. The van der Waals surface area contributed by atoms with E-state index in [4.69, 9.17) is 4.74 Å². The van der Waals surface area contributed by atoms with Crippen LogP contribution in [-0.4, -0.2) is 36.5 Å². The lowest BCUT2D eigenvalue weighted by Crippen LogP contribution is -2.39. The molecular formula is C22H41NO3. The molecule has 4 nitrogen and oxygen atoms in total. The molecule has 1 amide bonds. The van der Waals surface area contributed by atoms with Crippen molar-refractivity contribution in [1.82, 2.24) is 4.90 Å². The quantitative estimate of drug-likeness (QED) is 0.326. The van der Waals surface area contributed by atoms with Gasteiger partial charge in [-0.1, -0.05) is 52.4 Å². The Morgan fingerprint density at radius 2 is 1.58 bits per heavy atom. The number of amides is 1. The van der Waals surface area contributed by atoms with Crippen molar-refractivity contribution in [3.63, 3.8) is 0 Å². The van der Waals surface area contributed by atoms with Crippen LogP contribution in [0.3, 0.4) is 0 Å². The number of rotatable bonds is 13. The molecule has 0 radical (unpaired) electrons. The molecule has 26 heavy (non-hydrogen) atoms. The first-order valence-corrected chi connectivity index (χ1v) is 11.1. The second kappa shape index (κ2) is 14.1. The van der Waals surface area contributed by atoms with Gasteiger partial charge in [0.25, 0.3) is 0 Å². The van der Waals surface area contributed by atoms with E-state index in [1.165, 1.54) is 44.9 Å². The first-order chi connectivity index (χ1) is 12.6. The van der Waals surface area contributed by atoms with Crippen molar-refractivity contribution < 1.29 is 14.3 Å². The molecule has 1 aliphatic carbocycles. The lowest BCUT2D eigenvalue weighted by atomic mass is 9.79. The molecule has 0 aromatic carbocycles. The van der Waals surface area contributed by atoms with Crippen LogP contribution >= 0.6 is 0 Å². The molecular weight excluding hydrogens is 326 g/mol. The van der Waals surface area contributed by atoms with Gasteiger partial charge in [0.2, 0.25) is 5.91 Å². The normalized spacial score (nSPS) is 20.0. The van der Waals surface area contributed by atoms with Crippen LogP contribution in [0.15, 0.2) is 0 Å². The summed E-state index contributed by atoms with van der Waals surface area (Å²) < 4.78 is 5.04. The molecule has 4 heteroatoms. The Labute approximate surface area is 161 Å². The summed E-state index contributed by atoms with van der Waals surface area (Å²) in [4.78, 5) is 26.7. The maximum absolute atomic E-state index is 13.0. The van der Waals surface area contributed by atoms with Crippen molar-refractivity contribution in [2.45, 2.75) is 97.8 Å². The van der Waals surface area contributed by atoms with Crippen molar-refractivity contribution in [3.8, 4) is 0 Å². The zero-order valence-corrected chi connectivity index (χ0v) is 17.4. The number of esters is 1. The molecule has 0 bridgehead atoms. The number of carbonyl (C=O) groups excluding carboxylic acids is 2. The van der Waals surface area contributed by atoms with E-state index in [9.17, 15) is 9.59 Å². The maximum Gasteiger partial charge on any atom is 0.307 e. The van der Waals surface area contributed by atoms with Gasteiger partial charge in [-0.2, -0.15) is 0 Å². The summed E-state index contributed by atoms with van der Waals surface area (Å²) in [6.07, 6.45) is 13.2. The van der Waals surface area contributed by atoms with Crippen LogP contribution in [0.25, 0.3) is 0 Å². The Morgan fingerprint density at radius 1 is 0.885 bits per heavy atom. The van der Waals surface area contributed by atoms with E-state index in [1.54, 1.807) is 0 Å². The molecule has 0 aromatic heterocycles. The Morgan fingerprint density at radius 3 is 2.19 bits per heavy atom. The van der Waals surface area contributed by atoms with E-state index in [0.29, 0.717) is 19.6 Å². The van der Waals surface area contributed by atoms with Crippen LogP contribution in [0.4, 0.5) is 0 Å². The van der Waals surface area contributed by atoms with E-state index >= 15 is 0 Å². The van der Waals surface area contributed by atoms with Gasteiger partial charge in [0.15, 0.2) is 0 Å². The molecule has 0 aliphatic heterocycles. The second-order valence-corrected chi connectivity index (χ2v) is 7.80. The zero-order valence-electron chi connectivity index (χ0n) is 17.4. The van der Waals surface area contributed by atoms with Gasteiger partial charge in [0.1, 0.15) is 0 Å². The first-order valence-electron chi connectivity index (χ1n) is 11.1. The zero-order chi connectivity index (χ0) is 19.2. The summed E-state index contributed by atoms with van der Waals surface area (Å²) in [5, 5.41) is 0. The van der Waals surface area contributed by atoms with Gasteiger partial charge in [0.05, 0.1) is 13.0 Å². The molecule has 0 spiro atoms. The molecule has 1 aliphatic rings. The number of carbonyl (C=O) groups is 2. The molecule has 0 unspecified atom stereocenters. The number of hydrogen-bond donors (Lipinski definition) is 0. The highest BCUT2D eigenvalue weighted by molar-refractivity contribution is 5.79. The van der Waals surface area contributed by atoms with E-state index < -0.39 is 0 Å². The molecule has 0 atom stereocenters. The Hall–Kier alpha value is -1.06. The summed E-state index contributed by atoms with van der Waals surface area (Å²) in [5.74, 6) is 1.07. The van der Waals surface area contributed by atoms with Crippen molar-refractivity contribution in [2.24, 2.45) is 11.8 Å². The van der Waals surface area contributed by atoms with Crippen molar-refractivity contribution in [1.29, 1.82) is 0 Å². The molecule has 1 saturated carbocycles. The van der Waals surface area contributed by atoms with Gasteiger partial charge in [0, 0.05) is 19.0 Å². The average Bonchev–Trinajstić information content (AvgIpc) is 2.66. The maximum atomic E-state index is 13.0. The largest absolute Gasteiger partial charge is 0.466 e. The molecule has 1 fully saturated rings. The molecule has 0 N–H and O–H groups in total. The highest BCUT2D eigenvalue weighted by Crippen LogP contribution is 2.33. The van der Waals surface area contributed by atoms with Crippen LogP contribution in [0.5, 0.6) is 0 Å². The van der Waals surface area contributed by atoms with Crippen LogP contribution < -0.4 is 0 Å². The molecule has 0 aromatic rings. The summed E-state index contributed by atoms with van der Waals surface area (Å²) in [5.41, 5.74) is 0. The van der Waals surface area contributed by atoms with E-state index in [2.05, 4.69) is 13.8 Å². The minimum absolute atomic E-state index is 0.168. The van der Waals surface area contributed by atoms with E-state index in [-0.39, 0.29) is 17.8 Å². The van der Waals surface area contributed by atoms with Crippen molar-refractivity contribution >= 4 is 11.9 Å². The Kier molecular flexibility index (Phi) is 12.4. The Bertz CT molecular complexity index is 389. The summed E-state index contributed by atoms with van der Waals surface area (Å²) in [7, 11) is 0. The molecule has 0 saturated heterocycles. The fourth-order valence-corrected chi connectivity index (χ4v) is 3.97.